The third-order valence-corrected chi connectivity index (χ3v) is 5.46. The number of carbonyl (C=O) groups excluding carboxylic acids is 1. The van der Waals surface area contributed by atoms with Crippen LogP contribution in [0.25, 0.3) is 11.4 Å². The molecule has 0 saturated heterocycles. The van der Waals surface area contributed by atoms with E-state index in [0.717, 1.165) is 15.7 Å². The average Bonchev–Trinajstić information content (AvgIpc) is 3.03. The van der Waals surface area contributed by atoms with Crippen LogP contribution in [0.2, 0.25) is 0 Å². The number of benzene rings is 2. The first-order valence-electron chi connectivity index (χ1n) is 8.18. The van der Waals surface area contributed by atoms with Gasteiger partial charge in [-0.3, -0.25) is 14.9 Å². The van der Waals surface area contributed by atoms with Crippen LogP contribution in [0.1, 0.15) is 5.56 Å². The standard InChI is InChI=1S/C18H16BrN5O3S/c1-11-8-13(19)6-7-15(11)20-16(25)10-28-18-22-21-17(23(18)2)12-4-3-5-14(9-12)24(26)27/h3-9H,10H2,1-2H3,(H,20,25). The van der Waals surface area contributed by atoms with Crippen LogP contribution < -0.4 is 5.32 Å². The van der Waals surface area contributed by atoms with E-state index < -0.39 is 4.92 Å². The molecule has 0 aliphatic carbocycles. The lowest BCUT2D eigenvalue weighted by atomic mass is 10.2. The molecule has 0 saturated carbocycles. The summed E-state index contributed by atoms with van der Waals surface area (Å²) in [7, 11) is 1.76. The number of thioether (sulfide) groups is 1. The van der Waals surface area contributed by atoms with Gasteiger partial charge in [0.25, 0.3) is 5.69 Å². The van der Waals surface area contributed by atoms with Crippen molar-refractivity contribution in [2.45, 2.75) is 12.1 Å². The fourth-order valence-corrected chi connectivity index (χ4v) is 3.72. The summed E-state index contributed by atoms with van der Waals surface area (Å²) < 4.78 is 2.66. The molecule has 8 nitrogen and oxygen atoms in total. The van der Waals surface area contributed by atoms with Gasteiger partial charge in [-0.05, 0) is 30.7 Å². The highest BCUT2D eigenvalue weighted by Gasteiger charge is 2.15. The van der Waals surface area contributed by atoms with Crippen LogP contribution in [0.15, 0.2) is 52.1 Å². The molecule has 2 aromatic carbocycles. The predicted molar refractivity (Wildman–Crippen MR) is 111 cm³/mol. The second-order valence-corrected chi connectivity index (χ2v) is 7.83. The van der Waals surface area contributed by atoms with Crippen molar-refractivity contribution in [3.05, 3.63) is 62.6 Å². The number of hydrogen-bond donors (Lipinski definition) is 1. The summed E-state index contributed by atoms with van der Waals surface area (Å²) in [4.78, 5) is 22.8. The first-order chi connectivity index (χ1) is 13.3. The van der Waals surface area contributed by atoms with Gasteiger partial charge in [-0.15, -0.1) is 10.2 Å². The molecule has 1 N–H and O–H groups in total. The quantitative estimate of drug-likeness (QED) is 0.335. The Morgan fingerprint density at radius 1 is 1.29 bits per heavy atom. The second-order valence-electron chi connectivity index (χ2n) is 5.97. The van der Waals surface area contributed by atoms with Gasteiger partial charge in [0, 0.05) is 34.9 Å². The molecule has 0 aliphatic rings. The summed E-state index contributed by atoms with van der Waals surface area (Å²) in [5.74, 6) is 0.502. The zero-order chi connectivity index (χ0) is 20.3. The fraction of sp³-hybridized carbons (Fsp3) is 0.167. The molecule has 0 spiro atoms. The zero-order valence-corrected chi connectivity index (χ0v) is 17.5. The first-order valence-corrected chi connectivity index (χ1v) is 9.96. The van der Waals surface area contributed by atoms with E-state index >= 15 is 0 Å². The number of nitrogens with one attached hydrogen (secondary N) is 1. The Morgan fingerprint density at radius 3 is 2.79 bits per heavy atom. The minimum atomic E-state index is -0.454. The largest absolute Gasteiger partial charge is 0.325 e. The SMILES string of the molecule is Cc1cc(Br)ccc1NC(=O)CSc1nnc(-c2cccc([N+](=O)[O-])c2)n1C. The van der Waals surface area contributed by atoms with Crippen molar-refractivity contribution in [2.75, 3.05) is 11.1 Å². The summed E-state index contributed by atoms with van der Waals surface area (Å²) in [6.45, 7) is 1.92. The Labute approximate surface area is 173 Å². The van der Waals surface area contributed by atoms with Crippen LogP contribution in [-0.4, -0.2) is 31.3 Å². The van der Waals surface area contributed by atoms with E-state index in [4.69, 9.17) is 0 Å². The molecule has 144 valence electrons. The van der Waals surface area contributed by atoms with Crippen LogP contribution in [0.5, 0.6) is 0 Å². The lowest BCUT2D eigenvalue weighted by Crippen LogP contribution is -2.15. The maximum atomic E-state index is 12.3. The minimum Gasteiger partial charge on any atom is -0.325 e. The summed E-state index contributed by atoms with van der Waals surface area (Å²) >= 11 is 4.64. The van der Waals surface area contributed by atoms with Gasteiger partial charge < -0.3 is 9.88 Å². The molecular formula is C18H16BrN5O3S. The Morgan fingerprint density at radius 2 is 2.07 bits per heavy atom. The van der Waals surface area contributed by atoms with Crippen molar-refractivity contribution in [3.8, 4) is 11.4 Å². The van der Waals surface area contributed by atoms with Gasteiger partial charge in [0.15, 0.2) is 11.0 Å². The van der Waals surface area contributed by atoms with E-state index in [9.17, 15) is 14.9 Å². The summed E-state index contributed by atoms with van der Waals surface area (Å²) in [5, 5.41) is 22.6. The van der Waals surface area contributed by atoms with E-state index in [1.165, 1.54) is 23.9 Å². The van der Waals surface area contributed by atoms with Crippen molar-refractivity contribution in [2.24, 2.45) is 7.05 Å². The highest BCUT2D eigenvalue weighted by atomic mass is 79.9. The number of halogens is 1. The van der Waals surface area contributed by atoms with Gasteiger partial charge in [0.05, 0.1) is 10.7 Å². The van der Waals surface area contributed by atoms with Crippen LogP contribution in [0.3, 0.4) is 0 Å². The van der Waals surface area contributed by atoms with E-state index in [-0.39, 0.29) is 17.3 Å². The summed E-state index contributed by atoms with van der Waals surface area (Å²) in [6.07, 6.45) is 0. The molecule has 0 atom stereocenters. The lowest BCUT2D eigenvalue weighted by Gasteiger charge is -2.08. The smallest absolute Gasteiger partial charge is 0.270 e. The van der Waals surface area contributed by atoms with Gasteiger partial charge in [-0.25, -0.2) is 0 Å². The topological polar surface area (TPSA) is 103 Å². The van der Waals surface area contributed by atoms with Gasteiger partial charge in [-0.1, -0.05) is 39.8 Å². The molecule has 0 fully saturated rings. The molecule has 10 heteroatoms. The number of nitro benzene ring substituents is 1. The zero-order valence-electron chi connectivity index (χ0n) is 15.0. The van der Waals surface area contributed by atoms with Gasteiger partial charge in [0.2, 0.25) is 5.91 Å². The van der Waals surface area contributed by atoms with Crippen LogP contribution in [-0.2, 0) is 11.8 Å². The number of nitro groups is 1. The molecule has 1 heterocycles. The number of anilines is 1. The monoisotopic (exact) mass is 461 g/mol. The maximum Gasteiger partial charge on any atom is 0.270 e. The van der Waals surface area contributed by atoms with E-state index in [1.807, 2.05) is 25.1 Å². The average molecular weight is 462 g/mol. The number of hydrogen-bond acceptors (Lipinski definition) is 6. The van der Waals surface area contributed by atoms with E-state index in [2.05, 4.69) is 31.4 Å². The number of non-ortho nitro benzene ring substituents is 1. The van der Waals surface area contributed by atoms with Crippen LogP contribution in [0.4, 0.5) is 11.4 Å². The normalized spacial score (nSPS) is 10.7. The third-order valence-electron chi connectivity index (χ3n) is 3.94. The molecule has 0 aliphatic heterocycles. The lowest BCUT2D eigenvalue weighted by molar-refractivity contribution is -0.384. The minimum absolute atomic E-state index is 0.0149. The molecule has 0 unspecified atom stereocenters. The van der Waals surface area contributed by atoms with Crippen molar-refractivity contribution in [3.63, 3.8) is 0 Å². The summed E-state index contributed by atoms with van der Waals surface area (Å²) in [6, 6.07) is 11.8. The molecule has 3 rings (SSSR count). The van der Waals surface area contributed by atoms with Crippen molar-refractivity contribution in [1.82, 2.24) is 14.8 Å². The molecule has 0 bridgehead atoms. The Kier molecular flexibility index (Phi) is 6.10. The first kappa shape index (κ1) is 20.0. The van der Waals surface area contributed by atoms with Crippen molar-refractivity contribution in [1.29, 1.82) is 0 Å². The van der Waals surface area contributed by atoms with Gasteiger partial charge in [-0.2, -0.15) is 0 Å². The molecular weight excluding hydrogens is 446 g/mol. The molecule has 28 heavy (non-hydrogen) atoms. The van der Waals surface area contributed by atoms with Gasteiger partial charge >= 0.3 is 0 Å². The predicted octanol–water partition coefficient (Wildman–Crippen LogP) is 4.19. The highest BCUT2D eigenvalue weighted by molar-refractivity contribution is 9.10. The van der Waals surface area contributed by atoms with Crippen molar-refractivity contribution >= 4 is 45.0 Å². The number of nitrogens with zero attached hydrogens (tertiary/aromatic N) is 4. The molecule has 1 aromatic heterocycles. The molecule has 1 amide bonds. The number of aromatic nitrogens is 3. The van der Waals surface area contributed by atoms with E-state index in [0.29, 0.717) is 16.5 Å². The number of rotatable bonds is 6. The number of amides is 1. The third kappa shape index (κ3) is 4.57. The second kappa shape index (κ2) is 8.53. The Hall–Kier alpha value is -2.72. The van der Waals surface area contributed by atoms with Gasteiger partial charge in [0.1, 0.15) is 0 Å². The summed E-state index contributed by atoms with van der Waals surface area (Å²) in [5.41, 5.74) is 2.29. The van der Waals surface area contributed by atoms with Crippen LogP contribution >= 0.6 is 27.7 Å². The van der Waals surface area contributed by atoms with Crippen LogP contribution in [0, 0.1) is 17.0 Å². The Bertz CT molecular complexity index is 1050. The number of aryl methyl sites for hydroxylation is 1. The van der Waals surface area contributed by atoms with E-state index in [1.54, 1.807) is 23.7 Å². The van der Waals surface area contributed by atoms with Crippen molar-refractivity contribution < 1.29 is 9.72 Å². The fourth-order valence-electron chi connectivity index (χ4n) is 2.53. The molecule has 0 radical (unpaired) electrons. The molecule has 3 aromatic rings. The Balaban J connectivity index is 1.68. The number of carbonyl (C=O) groups is 1. The maximum absolute atomic E-state index is 12.3. The highest BCUT2D eigenvalue weighted by Crippen LogP contribution is 2.26.